The van der Waals surface area contributed by atoms with Gasteiger partial charge in [0.15, 0.2) is 5.69 Å². The van der Waals surface area contributed by atoms with Crippen LogP contribution >= 0.6 is 0 Å². The van der Waals surface area contributed by atoms with Gasteiger partial charge in [-0.1, -0.05) is 38.2 Å². The average molecular weight is 401 g/mol. The van der Waals surface area contributed by atoms with Crippen molar-refractivity contribution in [2.24, 2.45) is 0 Å². The van der Waals surface area contributed by atoms with Crippen LogP contribution < -0.4 is 5.32 Å². The standard InChI is InChI=1S/C23H36N4O2/c1-2-12-27-21-11-10-19(24-18-8-6-4-3-5-7-9-18)17-20(21)22(25-27)23(28)26-13-15-29-16-14-26/h2,18-19,24H,1,3-17H2. The molecule has 1 aromatic rings. The van der Waals surface area contributed by atoms with Gasteiger partial charge in [-0.15, -0.1) is 6.58 Å². The molecule has 29 heavy (non-hydrogen) atoms. The summed E-state index contributed by atoms with van der Waals surface area (Å²) in [6, 6.07) is 1.08. The molecule has 0 radical (unpaired) electrons. The van der Waals surface area contributed by atoms with Crippen molar-refractivity contribution in [1.82, 2.24) is 20.0 Å². The number of morpholine rings is 1. The maximum Gasteiger partial charge on any atom is 0.274 e. The van der Waals surface area contributed by atoms with E-state index in [1.54, 1.807) is 0 Å². The van der Waals surface area contributed by atoms with E-state index in [-0.39, 0.29) is 5.91 Å². The Morgan fingerprint density at radius 1 is 1.10 bits per heavy atom. The summed E-state index contributed by atoms with van der Waals surface area (Å²) in [5.41, 5.74) is 3.06. The number of ether oxygens (including phenoxy) is 1. The summed E-state index contributed by atoms with van der Waals surface area (Å²) in [6.07, 6.45) is 14.3. The van der Waals surface area contributed by atoms with Crippen molar-refractivity contribution in [3.63, 3.8) is 0 Å². The van der Waals surface area contributed by atoms with Gasteiger partial charge in [-0.05, 0) is 32.1 Å². The molecule has 6 heteroatoms. The SMILES string of the molecule is C=CCn1nc(C(=O)N2CCOCC2)c2c1CCC(NC1CCCCCCC1)C2. The molecule has 1 N–H and O–H groups in total. The molecule has 1 saturated carbocycles. The maximum atomic E-state index is 13.2. The highest BCUT2D eigenvalue weighted by Crippen LogP contribution is 2.27. The third kappa shape index (κ3) is 4.92. The van der Waals surface area contributed by atoms with Gasteiger partial charge in [-0.2, -0.15) is 5.10 Å². The van der Waals surface area contributed by atoms with Crippen molar-refractivity contribution in [3.05, 3.63) is 29.6 Å². The van der Waals surface area contributed by atoms with E-state index in [4.69, 9.17) is 9.84 Å². The predicted molar refractivity (Wildman–Crippen MR) is 114 cm³/mol. The zero-order chi connectivity index (χ0) is 20.1. The Morgan fingerprint density at radius 3 is 2.55 bits per heavy atom. The molecule has 0 bridgehead atoms. The number of aromatic nitrogens is 2. The number of nitrogens with one attached hydrogen (secondary N) is 1. The van der Waals surface area contributed by atoms with Gasteiger partial charge in [0, 0.05) is 36.4 Å². The van der Waals surface area contributed by atoms with Crippen molar-refractivity contribution in [2.75, 3.05) is 26.3 Å². The summed E-state index contributed by atoms with van der Waals surface area (Å²) in [5, 5.41) is 8.70. The van der Waals surface area contributed by atoms with Gasteiger partial charge in [-0.3, -0.25) is 9.48 Å². The molecule has 6 nitrogen and oxygen atoms in total. The largest absolute Gasteiger partial charge is 0.378 e. The summed E-state index contributed by atoms with van der Waals surface area (Å²) < 4.78 is 7.42. The molecule has 0 spiro atoms. The minimum Gasteiger partial charge on any atom is -0.378 e. The lowest BCUT2D eigenvalue weighted by molar-refractivity contribution is 0.0297. The second kappa shape index (κ2) is 9.90. The fourth-order valence-electron chi connectivity index (χ4n) is 5.15. The van der Waals surface area contributed by atoms with Crippen LogP contribution in [0.4, 0.5) is 0 Å². The molecule has 2 heterocycles. The third-order valence-electron chi connectivity index (χ3n) is 6.73. The van der Waals surface area contributed by atoms with Crippen molar-refractivity contribution in [1.29, 1.82) is 0 Å². The number of carbonyl (C=O) groups is 1. The van der Waals surface area contributed by atoms with Crippen molar-refractivity contribution < 1.29 is 9.53 Å². The number of rotatable bonds is 5. The Bertz CT molecular complexity index is 700. The van der Waals surface area contributed by atoms with Gasteiger partial charge in [0.1, 0.15) is 0 Å². The van der Waals surface area contributed by atoms with Gasteiger partial charge >= 0.3 is 0 Å². The van der Waals surface area contributed by atoms with Crippen LogP contribution in [-0.4, -0.2) is 59.0 Å². The normalized spacial score (nSPS) is 23.9. The first kappa shape index (κ1) is 20.6. The average Bonchev–Trinajstić information content (AvgIpc) is 3.08. The Hall–Kier alpha value is -1.66. The smallest absolute Gasteiger partial charge is 0.274 e. The highest BCUT2D eigenvalue weighted by Gasteiger charge is 2.32. The predicted octanol–water partition coefficient (Wildman–Crippen LogP) is 3.10. The molecule has 1 aromatic heterocycles. The fourth-order valence-corrected chi connectivity index (χ4v) is 5.15. The zero-order valence-electron chi connectivity index (χ0n) is 17.7. The van der Waals surface area contributed by atoms with Crippen LogP contribution in [0.2, 0.25) is 0 Å². The van der Waals surface area contributed by atoms with Gasteiger partial charge in [0.25, 0.3) is 5.91 Å². The van der Waals surface area contributed by atoms with Crippen LogP contribution in [0.15, 0.2) is 12.7 Å². The van der Waals surface area contributed by atoms with E-state index < -0.39 is 0 Å². The molecule has 2 fully saturated rings. The Morgan fingerprint density at radius 2 is 1.83 bits per heavy atom. The highest BCUT2D eigenvalue weighted by molar-refractivity contribution is 5.94. The fraction of sp³-hybridized carbons (Fsp3) is 0.739. The van der Waals surface area contributed by atoms with Crippen molar-refractivity contribution >= 4 is 5.91 Å². The van der Waals surface area contributed by atoms with E-state index in [0.29, 0.717) is 50.6 Å². The van der Waals surface area contributed by atoms with E-state index in [1.807, 2.05) is 15.7 Å². The van der Waals surface area contributed by atoms with Crippen LogP contribution in [0.1, 0.15) is 73.1 Å². The lowest BCUT2D eigenvalue weighted by atomic mass is 9.89. The molecule has 2 aliphatic carbocycles. The van der Waals surface area contributed by atoms with Crippen molar-refractivity contribution in [3.8, 4) is 0 Å². The van der Waals surface area contributed by atoms with Crippen LogP contribution in [0, 0.1) is 0 Å². The number of allylic oxidation sites excluding steroid dienone is 1. The molecular formula is C23H36N4O2. The molecule has 0 aromatic carbocycles. The van der Waals surface area contributed by atoms with E-state index >= 15 is 0 Å². The van der Waals surface area contributed by atoms with E-state index in [0.717, 1.165) is 24.8 Å². The summed E-state index contributed by atoms with van der Waals surface area (Å²) in [5.74, 6) is 0.0685. The van der Waals surface area contributed by atoms with Gasteiger partial charge in [0.2, 0.25) is 0 Å². The monoisotopic (exact) mass is 400 g/mol. The molecular weight excluding hydrogens is 364 g/mol. The van der Waals surface area contributed by atoms with Crippen LogP contribution in [-0.2, 0) is 24.1 Å². The van der Waals surface area contributed by atoms with Gasteiger partial charge in [0.05, 0.1) is 19.8 Å². The molecule has 1 saturated heterocycles. The Balaban J connectivity index is 1.50. The quantitative estimate of drug-likeness (QED) is 0.772. The van der Waals surface area contributed by atoms with Gasteiger partial charge in [-0.25, -0.2) is 0 Å². The first-order valence-electron chi connectivity index (χ1n) is 11.6. The molecule has 1 unspecified atom stereocenters. The Kier molecular flexibility index (Phi) is 7.03. The number of fused-ring (bicyclic) bond motifs is 1. The van der Waals surface area contributed by atoms with Crippen LogP contribution in [0.3, 0.4) is 0 Å². The molecule has 4 rings (SSSR count). The zero-order valence-corrected chi connectivity index (χ0v) is 17.7. The van der Waals surface area contributed by atoms with Crippen molar-refractivity contribution in [2.45, 2.75) is 82.8 Å². The molecule has 1 amide bonds. The first-order chi connectivity index (χ1) is 14.3. The summed E-state index contributed by atoms with van der Waals surface area (Å²) in [4.78, 5) is 15.1. The first-order valence-corrected chi connectivity index (χ1v) is 11.6. The molecule has 3 aliphatic rings. The number of carbonyl (C=O) groups excluding carboxylic acids is 1. The highest BCUT2D eigenvalue weighted by atomic mass is 16.5. The molecule has 1 atom stereocenters. The van der Waals surface area contributed by atoms with Crippen LogP contribution in [0.5, 0.6) is 0 Å². The van der Waals surface area contributed by atoms with Gasteiger partial charge < -0.3 is 15.0 Å². The Labute approximate surface area is 174 Å². The number of hydrogen-bond acceptors (Lipinski definition) is 4. The minimum absolute atomic E-state index is 0.0685. The second-order valence-corrected chi connectivity index (χ2v) is 8.80. The van der Waals surface area contributed by atoms with Crippen LogP contribution in [0.25, 0.3) is 0 Å². The topological polar surface area (TPSA) is 59.4 Å². The minimum atomic E-state index is 0.0685. The summed E-state index contributed by atoms with van der Waals surface area (Å²) in [6.45, 7) is 7.09. The van der Waals surface area contributed by atoms with E-state index in [2.05, 4.69) is 11.9 Å². The van der Waals surface area contributed by atoms with E-state index in [1.165, 1.54) is 50.6 Å². The number of hydrogen-bond donors (Lipinski definition) is 1. The number of amides is 1. The lowest BCUT2D eigenvalue weighted by Crippen LogP contribution is -2.43. The summed E-state index contributed by atoms with van der Waals surface area (Å²) >= 11 is 0. The second-order valence-electron chi connectivity index (χ2n) is 8.80. The maximum absolute atomic E-state index is 13.2. The number of nitrogens with zero attached hydrogens (tertiary/aromatic N) is 3. The lowest BCUT2D eigenvalue weighted by Gasteiger charge is -2.31. The molecule has 1 aliphatic heterocycles. The van der Waals surface area contributed by atoms with E-state index in [9.17, 15) is 4.79 Å². The molecule has 160 valence electrons. The third-order valence-corrected chi connectivity index (χ3v) is 6.73. The summed E-state index contributed by atoms with van der Waals surface area (Å²) in [7, 11) is 0.